The first-order valence-corrected chi connectivity index (χ1v) is 7.86. The van der Waals surface area contributed by atoms with Gasteiger partial charge in [0.2, 0.25) is 0 Å². The van der Waals surface area contributed by atoms with Crippen LogP contribution in [0.15, 0.2) is 4.99 Å². The molecule has 0 aromatic heterocycles. The van der Waals surface area contributed by atoms with E-state index in [2.05, 4.69) is 25.4 Å². The molecule has 4 heterocycles. The van der Waals surface area contributed by atoms with Gasteiger partial charge in [-0.1, -0.05) is 0 Å². The van der Waals surface area contributed by atoms with E-state index in [0.717, 1.165) is 38.6 Å². The van der Waals surface area contributed by atoms with Crippen molar-refractivity contribution in [1.82, 2.24) is 20.4 Å². The quantitative estimate of drug-likeness (QED) is 0.389. The second-order valence-corrected chi connectivity index (χ2v) is 5.97. The third-order valence-electron chi connectivity index (χ3n) is 4.68. The van der Waals surface area contributed by atoms with Crippen LogP contribution in [-0.2, 0) is 4.74 Å². The van der Waals surface area contributed by atoms with Crippen LogP contribution in [0.3, 0.4) is 0 Å². The summed E-state index contributed by atoms with van der Waals surface area (Å²) in [5, 5.41) is 7.02. The van der Waals surface area contributed by atoms with E-state index in [-0.39, 0.29) is 24.0 Å². The van der Waals surface area contributed by atoms with E-state index in [1.165, 1.54) is 32.7 Å². The molecule has 2 N–H and O–H groups in total. The lowest BCUT2D eigenvalue weighted by Gasteiger charge is -2.47. The normalized spacial score (nSPS) is 33.4. The highest BCUT2D eigenvalue weighted by atomic mass is 127. The number of nitrogens with zero attached hydrogens (tertiary/aromatic N) is 3. The van der Waals surface area contributed by atoms with Crippen molar-refractivity contribution in [3.63, 3.8) is 0 Å². The molecule has 1 atom stereocenters. The van der Waals surface area contributed by atoms with Crippen molar-refractivity contribution in [1.29, 1.82) is 0 Å². The number of nitrogens with one attached hydrogen (secondary N) is 2. The first-order chi connectivity index (χ1) is 9.85. The molecular formula is C14H28IN5O. The fraction of sp³-hybridized carbons (Fsp3) is 0.929. The van der Waals surface area contributed by atoms with Gasteiger partial charge in [-0.3, -0.25) is 14.8 Å². The second kappa shape index (κ2) is 8.50. The largest absolute Gasteiger partial charge is 0.381 e. The van der Waals surface area contributed by atoms with Gasteiger partial charge in [0.15, 0.2) is 5.96 Å². The van der Waals surface area contributed by atoms with Gasteiger partial charge in [-0.25, -0.2) is 0 Å². The molecule has 0 spiro atoms. The number of fused-ring (bicyclic) bond motifs is 3. The summed E-state index contributed by atoms with van der Waals surface area (Å²) in [6, 6.07) is 1.13. The zero-order valence-corrected chi connectivity index (χ0v) is 15.2. The fourth-order valence-electron chi connectivity index (χ4n) is 3.36. The molecule has 0 aromatic rings. The van der Waals surface area contributed by atoms with Gasteiger partial charge in [0.1, 0.15) is 0 Å². The molecule has 6 nitrogen and oxygen atoms in total. The van der Waals surface area contributed by atoms with Crippen molar-refractivity contribution in [3.05, 3.63) is 0 Å². The van der Waals surface area contributed by atoms with Crippen LogP contribution in [-0.4, -0.2) is 87.4 Å². The molecule has 7 heteroatoms. The van der Waals surface area contributed by atoms with Gasteiger partial charge in [0.25, 0.3) is 0 Å². The van der Waals surface area contributed by atoms with Gasteiger partial charge in [0, 0.05) is 71.6 Å². The number of hydrogen-bond acceptors (Lipinski definition) is 4. The van der Waals surface area contributed by atoms with E-state index in [9.17, 15) is 0 Å². The highest BCUT2D eigenvalue weighted by Crippen LogP contribution is 2.14. The molecule has 0 aromatic carbocycles. The Hall–Kier alpha value is -0.120. The predicted octanol–water partition coefficient (Wildman–Crippen LogP) is -0.0518. The fourth-order valence-corrected chi connectivity index (χ4v) is 3.36. The molecule has 2 bridgehead atoms. The Labute approximate surface area is 144 Å². The maximum absolute atomic E-state index is 5.39. The Morgan fingerprint density at radius 1 is 1.19 bits per heavy atom. The lowest BCUT2D eigenvalue weighted by Crippen LogP contribution is -2.64. The molecule has 4 saturated heterocycles. The van der Waals surface area contributed by atoms with Crippen LogP contribution in [0.25, 0.3) is 0 Å². The molecule has 1 unspecified atom stereocenters. The van der Waals surface area contributed by atoms with Crippen LogP contribution in [0.5, 0.6) is 0 Å². The summed E-state index contributed by atoms with van der Waals surface area (Å²) in [7, 11) is 1.85. The number of hydrogen-bond donors (Lipinski definition) is 2. The van der Waals surface area contributed by atoms with E-state index in [4.69, 9.17) is 4.74 Å². The number of ether oxygens (including phenoxy) is 1. The van der Waals surface area contributed by atoms with E-state index in [0.29, 0.717) is 12.1 Å². The van der Waals surface area contributed by atoms with E-state index >= 15 is 0 Å². The van der Waals surface area contributed by atoms with Crippen molar-refractivity contribution >= 4 is 29.9 Å². The van der Waals surface area contributed by atoms with Gasteiger partial charge in [-0.05, 0) is 12.8 Å². The van der Waals surface area contributed by atoms with Crippen LogP contribution in [0, 0.1) is 0 Å². The van der Waals surface area contributed by atoms with Crippen molar-refractivity contribution < 1.29 is 4.74 Å². The minimum absolute atomic E-state index is 0. The summed E-state index contributed by atoms with van der Waals surface area (Å²) in [6.45, 7) is 8.83. The van der Waals surface area contributed by atoms with Crippen molar-refractivity contribution in [3.8, 4) is 0 Å². The topological polar surface area (TPSA) is 52.1 Å². The summed E-state index contributed by atoms with van der Waals surface area (Å²) in [6.07, 6.45) is 2.15. The molecule has 4 aliphatic rings. The predicted molar refractivity (Wildman–Crippen MR) is 95.6 cm³/mol. The Kier molecular flexibility index (Phi) is 6.97. The second-order valence-electron chi connectivity index (χ2n) is 5.97. The zero-order valence-electron chi connectivity index (χ0n) is 12.9. The molecule has 0 saturated carbocycles. The van der Waals surface area contributed by atoms with Crippen molar-refractivity contribution in [2.45, 2.75) is 24.9 Å². The van der Waals surface area contributed by atoms with Gasteiger partial charge in [-0.2, -0.15) is 0 Å². The highest BCUT2D eigenvalue weighted by Gasteiger charge is 2.31. The van der Waals surface area contributed by atoms with Crippen LogP contribution >= 0.6 is 24.0 Å². The van der Waals surface area contributed by atoms with Crippen LogP contribution in [0.4, 0.5) is 0 Å². The van der Waals surface area contributed by atoms with E-state index in [1.54, 1.807) is 0 Å². The minimum atomic E-state index is 0. The Morgan fingerprint density at radius 2 is 1.90 bits per heavy atom. The van der Waals surface area contributed by atoms with Crippen molar-refractivity contribution in [2.75, 3.05) is 59.5 Å². The zero-order chi connectivity index (χ0) is 13.8. The lowest BCUT2D eigenvalue weighted by molar-refractivity contribution is 0.0153. The van der Waals surface area contributed by atoms with Gasteiger partial charge < -0.3 is 15.4 Å². The number of piperazine rings is 3. The number of guanidine groups is 1. The monoisotopic (exact) mass is 409 g/mol. The molecule has 122 valence electrons. The number of rotatable bonds is 3. The van der Waals surface area contributed by atoms with Crippen LogP contribution in [0.1, 0.15) is 12.8 Å². The molecular weight excluding hydrogens is 381 g/mol. The Bertz CT molecular complexity index is 340. The molecule has 4 aliphatic heterocycles. The Balaban J connectivity index is 0.00000161. The standard InChI is InChI=1S/C14H27N5O.HI/c1-15-14(17-12-2-8-20-9-3-12)16-10-13-11-18-4-6-19(13)7-5-18;/h12-13H,2-11H2,1H3,(H2,15,16,17);1H. The third kappa shape index (κ3) is 4.67. The Morgan fingerprint density at radius 3 is 2.48 bits per heavy atom. The van der Waals surface area contributed by atoms with E-state index in [1.807, 2.05) is 7.05 Å². The van der Waals surface area contributed by atoms with Gasteiger partial charge in [0.05, 0.1) is 0 Å². The number of halogens is 1. The highest BCUT2D eigenvalue weighted by molar-refractivity contribution is 14.0. The molecule has 0 amide bonds. The minimum Gasteiger partial charge on any atom is -0.381 e. The SMILES string of the molecule is CN=C(NCC1CN2CCN1CC2)NC1CCOCC1.I. The first-order valence-electron chi connectivity index (χ1n) is 7.86. The third-order valence-corrected chi connectivity index (χ3v) is 4.68. The molecule has 0 aliphatic carbocycles. The van der Waals surface area contributed by atoms with Crippen LogP contribution < -0.4 is 10.6 Å². The maximum atomic E-state index is 5.39. The summed E-state index contributed by atoms with van der Waals surface area (Å²) in [4.78, 5) is 9.53. The maximum Gasteiger partial charge on any atom is 0.191 e. The summed E-state index contributed by atoms with van der Waals surface area (Å²) in [5.41, 5.74) is 0. The number of aliphatic imine (C=N–C) groups is 1. The molecule has 21 heavy (non-hydrogen) atoms. The smallest absolute Gasteiger partial charge is 0.191 e. The van der Waals surface area contributed by atoms with Gasteiger partial charge in [-0.15, -0.1) is 24.0 Å². The summed E-state index contributed by atoms with van der Waals surface area (Å²) in [5.74, 6) is 0.939. The first kappa shape index (κ1) is 17.2. The molecule has 4 fully saturated rings. The average Bonchev–Trinajstić information content (AvgIpc) is 2.53. The summed E-state index contributed by atoms with van der Waals surface area (Å²) >= 11 is 0. The van der Waals surface area contributed by atoms with Gasteiger partial charge >= 0.3 is 0 Å². The summed E-state index contributed by atoms with van der Waals surface area (Å²) < 4.78 is 5.39. The van der Waals surface area contributed by atoms with Crippen molar-refractivity contribution in [2.24, 2.45) is 4.99 Å². The molecule has 0 radical (unpaired) electrons. The average molecular weight is 409 g/mol. The molecule has 4 rings (SSSR count). The van der Waals surface area contributed by atoms with E-state index < -0.39 is 0 Å². The van der Waals surface area contributed by atoms with Crippen LogP contribution in [0.2, 0.25) is 0 Å². The lowest BCUT2D eigenvalue weighted by atomic mass is 10.1.